The Kier molecular flexibility index (Phi) is 8.59. The van der Waals surface area contributed by atoms with Gasteiger partial charge >= 0.3 is 5.97 Å². The van der Waals surface area contributed by atoms with Gasteiger partial charge in [-0.1, -0.05) is 47.5 Å². The van der Waals surface area contributed by atoms with Gasteiger partial charge in [-0.25, -0.2) is 4.79 Å². The number of carbonyl (C=O) groups is 3. The number of amides is 2. The molecule has 0 atom stereocenters. The van der Waals surface area contributed by atoms with Gasteiger partial charge in [0.1, 0.15) is 11.5 Å². The van der Waals surface area contributed by atoms with Crippen LogP contribution in [0.25, 0.3) is 6.08 Å². The number of anilines is 2. The normalized spacial score (nSPS) is 14.0. The van der Waals surface area contributed by atoms with E-state index in [1.54, 1.807) is 79.7 Å². The molecule has 3 aromatic rings. The SMILES string of the molecule is COC(=O)C1=C(C)N(c2ccc(Cl)c(Cl)c2)C(=O)/C1=C\c1ccc(OCC(=O)Nc2ccccc2OC)cc1. The third kappa shape index (κ3) is 6.08. The van der Waals surface area contributed by atoms with E-state index in [9.17, 15) is 14.4 Å². The third-order valence-corrected chi connectivity index (χ3v) is 6.63. The molecule has 1 N–H and O–H groups in total. The van der Waals surface area contributed by atoms with Crippen LogP contribution in [0.3, 0.4) is 0 Å². The Bertz CT molecular complexity index is 1500. The van der Waals surface area contributed by atoms with Crippen molar-refractivity contribution in [3.8, 4) is 11.5 Å². The van der Waals surface area contributed by atoms with E-state index in [1.807, 2.05) is 0 Å². The molecule has 1 heterocycles. The highest BCUT2D eigenvalue weighted by Crippen LogP contribution is 2.37. The molecule has 0 radical (unpaired) electrons. The van der Waals surface area contributed by atoms with Gasteiger partial charge in [0.05, 0.1) is 46.8 Å². The zero-order chi connectivity index (χ0) is 28.1. The number of ether oxygens (including phenoxy) is 3. The average molecular weight is 567 g/mol. The first kappa shape index (κ1) is 27.8. The minimum absolute atomic E-state index is 0.141. The second kappa shape index (κ2) is 12.1. The van der Waals surface area contributed by atoms with Gasteiger partial charge in [0.25, 0.3) is 11.8 Å². The van der Waals surface area contributed by atoms with Crippen LogP contribution in [0.4, 0.5) is 11.4 Å². The van der Waals surface area contributed by atoms with Crippen LogP contribution in [0.15, 0.2) is 83.6 Å². The van der Waals surface area contributed by atoms with Crippen molar-refractivity contribution in [1.82, 2.24) is 0 Å². The fourth-order valence-corrected chi connectivity index (χ4v) is 4.32. The van der Waals surface area contributed by atoms with Crippen LogP contribution >= 0.6 is 23.2 Å². The predicted octanol–water partition coefficient (Wildman–Crippen LogP) is 5.90. The lowest BCUT2D eigenvalue weighted by atomic mass is 10.0. The lowest BCUT2D eigenvalue weighted by Gasteiger charge is -2.18. The number of para-hydroxylation sites is 2. The van der Waals surface area contributed by atoms with Gasteiger partial charge in [0.2, 0.25) is 0 Å². The highest BCUT2D eigenvalue weighted by Gasteiger charge is 2.38. The van der Waals surface area contributed by atoms with Crippen molar-refractivity contribution in [2.24, 2.45) is 0 Å². The molecule has 200 valence electrons. The summed E-state index contributed by atoms with van der Waals surface area (Å²) in [4.78, 5) is 39.8. The van der Waals surface area contributed by atoms with E-state index < -0.39 is 11.9 Å². The van der Waals surface area contributed by atoms with Gasteiger partial charge in [0.15, 0.2) is 6.61 Å². The van der Waals surface area contributed by atoms with E-state index in [0.717, 1.165) is 0 Å². The van der Waals surface area contributed by atoms with Crippen molar-refractivity contribution < 1.29 is 28.6 Å². The molecule has 3 aromatic carbocycles. The molecule has 0 saturated carbocycles. The summed E-state index contributed by atoms with van der Waals surface area (Å²) in [5, 5.41) is 3.36. The molecule has 0 aromatic heterocycles. The second-order valence-electron chi connectivity index (χ2n) is 8.36. The fraction of sp³-hybridized carbons (Fsp3) is 0.138. The molecule has 39 heavy (non-hydrogen) atoms. The Morgan fingerprint density at radius 1 is 0.974 bits per heavy atom. The van der Waals surface area contributed by atoms with Crippen LogP contribution in [0, 0.1) is 0 Å². The molecule has 0 spiro atoms. The molecular formula is C29H24Cl2N2O6. The van der Waals surface area contributed by atoms with Crippen molar-refractivity contribution >= 4 is 58.4 Å². The van der Waals surface area contributed by atoms with E-state index in [1.165, 1.54) is 19.1 Å². The molecule has 0 unspecified atom stereocenters. The first-order valence-electron chi connectivity index (χ1n) is 11.7. The molecule has 2 amide bonds. The average Bonchev–Trinajstić information content (AvgIpc) is 3.18. The highest BCUT2D eigenvalue weighted by molar-refractivity contribution is 6.42. The van der Waals surface area contributed by atoms with Crippen LogP contribution in [0.5, 0.6) is 11.5 Å². The molecule has 0 aliphatic carbocycles. The van der Waals surface area contributed by atoms with Crippen LogP contribution in [0.2, 0.25) is 10.0 Å². The molecule has 8 nitrogen and oxygen atoms in total. The second-order valence-corrected chi connectivity index (χ2v) is 9.17. The quantitative estimate of drug-likeness (QED) is 0.269. The Morgan fingerprint density at radius 2 is 1.69 bits per heavy atom. The number of carbonyl (C=O) groups excluding carboxylic acids is 3. The largest absolute Gasteiger partial charge is 0.495 e. The number of rotatable bonds is 8. The Balaban J connectivity index is 1.51. The van der Waals surface area contributed by atoms with E-state index in [4.69, 9.17) is 37.4 Å². The summed E-state index contributed by atoms with van der Waals surface area (Å²) in [6, 6.07) is 18.6. The Hall–Kier alpha value is -4.27. The van der Waals surface area contributed by atoms with Gasteiger partial charge in [-0.05, 0) is 61.0 Å². The smallest absolute Gasteiger partial charge is 0.340 e. The van der Waals surface area contributed by atoms with Crippen molar-refractivity contribution in [3.05, 3.63) is 99.2 Å². The van der Waals surface area contributed by atoms with Gasteiger partial charge in [-0.3, -0.25) is 14.5 Å². The monoisotopic (exact) mass is 566 g/mol. The molecule has 1 aliphatic rings. The molecule has 0 fully saturated rings. The number of nitrogens with one attached hydrogen (secondary N) is 1. The summed E-state index contributed by atoms with van der Waals surface area (Å²) >= 11 is 12.2. The highest BCUT2D eigenvalue weighted by atomic mass is 35.5. The lowest BCUT2D eigenvalue weighted by molar-refractivity contribution is -0.136. The topological polar surface area (TPSA) is 94.2 Å². The van der Waals surface area contributed by atoms with Crippen LogP contribution in [-0.2, 0) is 19.1 Å². The molecule has 0 saturated heterocycles. The van der Waals surface area contributed by atoms with E-state index in [0.29, 0.717) is 39.2 Å². The number of allylic oxidation sites excluding steroid dienone is 1. The summed E-state index contributed by atoms with van der Waals surface area (Å²) in [6.07, 6.45) is 1.59. The maximum atomic E-state index is 13.4. The van der Waals surface area contributed by atoms with Crippen LogP contribution in [-0.4, -0.2) is 38.6 Å². The number of nitrogens with zero attached hydrogens (tertiary/aromatic N) is 1. The minimum atomic E-state index is -0.643. The van der Waals surface area contributed by atoms with Crippen molar-refractivity contribution in [2.45, 2.75) is 6.92 Å². The maximum Gasteiger partial charge on any atom is 0.340 e. The molecule has 4 rings (SSSR count). The van der Waals surface area contributed by atoms with Gasteiger partial charge in [-0.15, -0.1) is 0 Å². The summed E-state index contributed by atoms with van der Waals surface area (Å²) in [6.45, 7) is 1.44. The zero-order valence-electron chi connectivity index (χ0n) is 21.3. The number of methoxy groups -OCH3 is 2. The Labute approximate surface area is 235 Å². The molecule has 0 bridgehead atoms. The zero-order valence-corrected chi connectivity index (χ0v) is 22.8. The molecule has 1 aliphatic heterocycles. The Morgan fingerprint density at radius 3 is 2.36 bits per heavy atom. The first-order chi connectivity index (χ1) is 18.7. The van der Waals surface area contributed by atoms with Crippen LogP contribution < -0.4 is 19.7 Å². The fourth-order valence-electron chi connectivity index (χ4n) is 4.03. The predicted molar refractivity (Wildman–Crippen MR) is 150 cm³/mol. The summed E-state index contributed by atoms with van der Waals surface area (Å²) in [7, 11) is 2.77. The number of esters is 1. The van der Waals surface area contributed by atoms with E-state index in [-0.39, 0.29) is 28.7 Å². The number of hydrogen-bond donors (Lipinski definition) is 1. The van der Waals surface area contributed by atoms with Gasteiger partial charge in [-0.2, -0.15) is 0 Å². The first-order valence-corrected chi connectivity index (χ1v) is 12.5. The molecular weight excluding hydrogens is 543 g/mol. The number of halogens is 2. The standard InChI is InChI=1S/C29H24Cl2N2O6/c1-17-27(29(36)38-3)21(28(35)33(17)19-10-13-22(30)23(31)15-19)14-18-8-11-20(12-9-18)39-16-26(34)32-24-6-4-5-7-25(24)37-2/h4-15H,16H2,1-3H3,(H,32,34)/b21-14-. The summed E-state index contributed by atoms with van der Waals surface area (Å²) in [5.74, 6) is -0.427. The number of hydrogen-bond acceptors (Lipinski definition) is 6. The minimum Gasteiger partial charge on any atom is -0.495 e. The van der Waals surface area contributed by atoms with Crippen molar-refractivity contribution in [2.75, 3.05) is 31.0 Å². The van der Waals surface area contributed by atoms with Crippen molar-refractivity contribution in [1.29, 1.82) is 0 Å². The third-order valence-electron chi connectivity index (χ3n) is 5.89. The summed E-state index contributed by atoms with van der Waals surface area (Å²) in [5.41, 5.74) is 2.34. The molecule has 10 heteroatoms. The van der Waals surface area contributed by atoms with Gasteiger partial charge in [0, 0.05) is 5.70 Å². The van der Waals surface area contributed by atoms with E-state index in [2.05, 4.69) is 5.32 Å². The van der Waals surface area contributed by atoms with Crippen LogP contribution in [0.1, 0.15) is 12.5 Å². The van der Waals surface area contributed by atoms with E-state index >= 15 is 0 Å². The van der Waals surface area contributed by atoms with Crippen molar-refractivity contribution in [3.63, 3.8) is 0 Å². The maximum absolute atomic E-state index is 13.4. The van der Waals surface area contributed by atoms with Gasteiger partial charge < -0.3 is 19.5 Å². The lowest BCUT2D eigenvalue weighted by Crippen LogP contribution is -2.24. The summed E-state index contributed by atoms with van der Waals surface area (Å²) < 4.78 is 15.8. The number of benzene rings is 3.